The van der Waals surface area contributed by atoms with Crippen molar-refractivity contribution in [3.8, 4) is 0 Å². The molecule has 0 unspecified atom stereocenters. The maximum Gasteiger partial charge on any atom is 0.274 e. The zero-order valence-corrected chi connectivity index (χ0v) is 18.3. The highest BCUT2D eigenvalue weighted by molar-refractivity contribution is 8.33. The van der Waals surface area contributed by atoms with Crippen molar-refractivity contribution in [1.29, 1.82) is 0 Å². The lowest BCUT2D eigenvalue weighted by atomic mass is 10.2. The predicted molar refractivity (Wildman–Crippen MR) is 116 cm³/mol. The van der Waals surface area contributed by atoms with Gasteiger partial charge in [-0.15, -0.1) is 0 Å². The first-order chi connectivity index (χ1) is 13.2. The first-order valence-corrected chi connectivity index (χ1v) is 12.6. The van der Waals surface area contributed by atoms with Crippen molar-refractivity contribution in [3.63, 3.8) is 0 Å². The van der Waals surface area contributed by atoms with E-state index in [0.717, 1.165) is 38.5 Å². The van der Waals surface area contributed by atoms with Crippen LogP contribution in [0.3, 0.4) is 0 Å². The van der Waals surface area contributed by atoms with Gasteiger partial charge in [-0.25, -0.2) is 3.63 Å². The molecule has 3 rings (SSSR count). The summed E-state index contributed by atoms with van der Waals surface area (Å²) in [5, 5.41) is 0. The van der Waals surface area contributed by atoms with Crippen molar-refractivity contribution < 1.29 is 12.0 Å². The van der Waals surface area contributed by atoms with Gasteiger partial charge in [0.05, 0.1) is 6.26 Å². The van der Waals surface area contributed by atoms with Crippen LogP contribution in [-0.4, -0.2) is 14.7 Å². The Morgan fingerprint density at radius 2 is 1.04 bits per heavy atom. The Morgan fingerprint density at radius 3 is 1.36 bits per heavy atom. The second-order valence-electron chi connectivity index (χ2n) is 6.95. The van der Waals surface area contributed by atoms with Gasteiger partial charge in [0.2, 0.25) is 0 Å². The molecule has 0 aliphatic carbocycles. The van der Waals surface area contributed by atoms with Crippen molar-refractivity contribution in [2.75, 3.05) is 6.26 Å². The van der Waals surface area contributed by atoms with E-state index < -0.39 is 20.4 Å². The lowest BCUT2D eigenvalue weighted by Crippen LogP contribution is -2.13. The fraction of sp³-hybridized carbons (Fsp3) is 0.217. The molecule has 5 heteroatoms. The van der Waals surface area contributed by atoms with Crippen molar-refractivity contribution in [3.05, 3.63) is 89.5 Å². The normalized spacial score (nSPS) is 12.7. The average Bonchev–Trinajstić information content (AvgIpc) is 2.67. The van der Waals surface area contributed by atoms with E-state index in [2.05, 4.69) is 6.92 Å². The third-order valence-corrected chi connectivity index (χ3v) is 9.21. The van der Waals surface area contributed by atoms with Gasteiger partial charge in [0.15, 0.2) is 0 Å². The Bertz CT molecular complexity index is 991. The SMILES string of the molecule is CCc1ccc(S(OS(C)(=O)=O)(c2ccc(C)cc2)c2ccc(C)cc2)cc1. The van der Waals surface area contributed by atoms with E-state index in [0.29, 0.717) is 0 Å². The van der Waals surface area contributed by atoms with Gasteiger partial charge in [-0.1, -0.05) is 54.4 Å². The molecule has 3 nitrogen and oxygen atoms in total. The van der Waals surface area contributed by atoms with E-state index in [9.17, 15) is 8.42 Å². The van der Waals surface area contributed by atoms with Gasteiger partial charge >= 0.3 is 0 Å². The molecule has 0 aromatic heterocycles. The Balaban J connectivity index is 2.35. The molecular formula is C23H26O3S2. The second-order valence-corrected chi connectivity index (χ2v) is 11.4. The number of benzene rings is 3. The van der Waals surface area contributed by atoms with E-state index in [4.69, 9.17) is 3.63 Å². The summed E-state index contributed by atoms with van der Waals surface area (Å²) in [6.07, 6.45) is 2.04. The van der Waals surface area contributed by atoms with Crippen LogP contribution >= 0.6 is 10.3 Å². The molecule has 0 saturated heterocycles. The Hall–Kier alpha value is -2.08. The minimum atomic E-state index is -3.73. The van der Waals surface area contributed by atoms with Crippen molar-refractivity contribution in [1.82, 2.24) is 0 Å². The zero-order valence-electron chi connectivity index (χ0n) is 16.7. The van der Waals surface area contributed by atoms with Crippen LogP contribution < -0.4 is 0 Å². The molecule has 0 radical (unpaired) electrons. The molecule has 28 heavy (non-hydrogen) atoms. The predicted octanol–water partition coefficient (Wildman–Crippen LogP) is 6.04. The molecular weight excluding hydrogens is 388 g/mol. The molecule has 0 spiro atoms. The third-order valence-electron chi connectivity index (χ3n) is 4.60. The maximum absolute atomic E-state index is 12.4. The molecule has 0 bridgehead atoms. The molecule has 0 fully saturated rings. The van der Waals surface area contributed by atoms with Crippen molar-refractivity contribution in [2.24, 2.45) is 0 Å². The first-order valence-electron chi connectivity index (χ1n) is 9.21. The van der Waals surface area contributed by atoms with Crippen LogP contribution in [0.2, 0.25) is 0 Å². The van der Waals surface area contributed by atoms with Gasteiger partial charge in [0.25, 0.3) is 10.1 Å². The monoisotopic (exact) mass is 414 g/mol. The lowest BCUT2D eigenvalue weighted by molar-refractivity contribution is 0.515. The van der Waals surface area contributed by atoms with E-state index in [-0.39, 0.29) is 0 Å². The molecule has 148 valence electrons. The summed E-state index contributed by atoms with van der Waals surface area (Å²) in [6, 6.07) is 24.0. The largest absolute Gasteiger partial charge is 0.274 e. The fourth-order valence-corrected chi connectivity index (χ4v) is 7.89. The summed E-state index contributed by atoms with van der Waals surface area (Å²) < 4.78 is 30.8. The fourth-order valence-electron chi connectivity index (χ4n) is 3.09. The Kier molecular flexibility index (Phi) is 5.98. The summed E-state index contributed by atoms with van der Waals surface area (Å²) in [4.78, 5) is 2.58. The molecule has 0 aliphatic rings. The lowest BCUT2D eigenvalue weighted by Gasteiger charge is -2.39. The van der Waals surface area contributed by atoms with Gasteiger partial charge in [-0.3, -0.25) is 0 Å². The zero-order chi connectivity index (χ0) is 20.4. The van der Waals surface area contributed by atoms with Crippen molar-refractivity contribution >= 4 is 20.4 Å². The van der Waals surface area contributed by atoms with Gasteiger partial charge in [-0.2, -0.15) is 8.42 Å². The molecule has 3 aromatic rings. The van der Waals surface area contributed by atoms with E-state index in [1.165, 1.54) is 5.56 Å². The number of rotatable bonds is 6. The van der Waals surface area contributed by atoms with E-state index >= 15 is 0 Å². The number of hydrogen-bond acceptors (Lipinski definition) is 3. The Labute approximate surface area is 170 Å². The third kappa shape index (κ3) is 4.32. The average molecular weight is 415 g/mol. The second kappa shape index (κ2) is 8.11. The van der Waals surface area contributed by atoms with Crippen LogP contribution in [0.1, 0.15) is 23.6 Å². The Morgan fingerprint density at radius 1 is 0.679 bits per heavy atom. The minimum Gasteiger partial charge on any atom is -0.207 e. The molecule has 0 heterocycles. The van der Waals surface area contributed by atoms with E-state index in [1.807, 2.05) is 86.6 Å². The summed E-state index contributed by atoms with van der Waals surface area (Å²) in [5.41, 5.74) is 3.42. The van der Waals surface area contributed by atoms with E-state index in [1.54, 1.807) is 0 Å². The highest BCUT2D eigenvalue weighted by Crippen LogP contribution is 2.69. The van der Waals surface area contributed by atoms with Gasteiger partial charge < -0.3 is 0 Å². The molecule has 0 atom stereocenters. The molecule has 3 aromatic carbocycles. The smallest absolute Gasteiger partial charge is 0.207 e. The van der Waals surface area contributed by atoms with Gasteiger partial charge in [0, 0.05) is 14.7 Å². The van der Waals surface area contributed by atoms with Crippen LogP contribution in [0.5, 0.6) is 0 Å². The highest BCUT2D eigenvalue weighted by Gasteiger charge is 2.36. The molecule has 0 aliphatic heterocycles. The van der Waals surface area contributed by atoms with Crippen LogP contribution in [0.25, 0.3) is 0 Å². The number of aryl methyl sites for hydroxylation is 3. The molecule has 0 saturated carbocycles. The minimum absolute atomic E-state index is 0.858. The summed E-state index contributed by atoms with van der Waals surface area (Å²) in [5.74, 6) is 0. The number of hydrogen-bond donors (Lipinski definition) is 0. The van der Waals surface area contributed by atoms with Crippen LogP contribution in [-0.2, 0) is 20.2 Å². The maximum atomic E-state index is 12.4. The van der Waals surface area contributed by atoms with Crippen molar-refractivity contribution in [2.45, 2.75) is 41.9 Å². The standard InChI is InChI=1S/C23H26O3S2/c1-5-20-10-16-23(17-11-20)28(26-27(4,24)25,21-12-6-18(2)7-13-21)22-14-8-19(3)9-15-22/h6-17H,5H2,1-4H3. The van der Waals surface area contributed by atoms with Crippen LogP contribution in [0.15, 0.2) is 87.5 Å². The summed E-state index contributed by atoms with van der Waals surface area (Å²) in [6.45, 7) is 6.13. The quantitative estimate of drug-likeness (QED) is 0.494. The van der Waals surface area contributed by atoms with Crippen LogP contribution in [0.4, 0.5) is 0 Å². The van der Waals surface area contributed by atoms with Gasteiger partial charge in [-0.05, 0) is 72.5 Å². The van der Waals surface area contributed by atoms with Gasteiger partial charge in [0.1, 0.15) is 0 Å². The summed E-state index contributed by atoms with van der Waals surface area (Å²) >= 11 is 0. The topological polar surface area (TPSA) is 43.4 Å². The molecule has 0 amide bonds. The van der Waals surface area contributed by atoms with Crippen LogP contribution in [0, 0.1) is 13.8 Å². The highest BCUT2D eigenvalue weighted by atomic mass is 32.3. The molecule has 0 N–H and O–H groups in total. The first kappa shape index (κ1) is 20.6. The summed E-state index contributed by atoms with van der Waals surface area (Å²) in [7, 11) is -6.16.